The van der Waals surface area contributed by atoms with Crippen LogP contribution >= 0.6 is 11.6 Å². The Morgan fingerprint density at radius 1 is 1.33 bits per heavy atom. The van der Waals surface area contributed by atoms with Crippen LogP contribution in [0.2, 0.25) is 5.02 Å². The second-order valence-corrected chi connectivity index (χ2v) is 4.55. The zero-order valence-corrected chi connectivity index (χ0v) is 11.8. The van der Waals surface area contributed by atoms with Gasteiger partial charge in [0, 0.05) is 29.8 Å². The largest absolute Gasteiger partial charge is 0.381 e. The van der Waals surface area contributed by atoms with Crippen molar-refractivity contribution < 1.29 is 9.13 Å². The second kappa shape index (κ2) is 8.46. The Balaban J connectivity index is 2.71. The maximum atomic E-state index is 13.8. The van der Waals surface area contributed by atoms with Gasteiger partial charge in [-0.2, -0.15) is 0 Å². The van der Waals surface area contributed by atoms with E-state index in [1.54, 1.807) is 12.1 Å². The molecule has 0 fully saturated rings. The summed E-state index contributed by atoms with van der Waals surface area (Å²) in [6.07, 6.45) is 1.71. The summed E-state index contributed by atoms with van der Waals surface area (Å²) in [6.45, 7) is 6.17. The Hall–Kier alpha value is -0.640. The Labute approximate surface area is 113 Å². The third-order valence-corrected chi connectivity index (χ3v) is 3.03. The molecule has 1 aromatic rings. The molecule has 4 heteroatoms. The molecule has 102 valence electrons. The van der Waals surface area contributed by atoms with Crippen molar-refractivity contribution >= 4 is 11.6 Å². The smallest absolute Gasteiger partial charge is 0.129 e. The molecular formula is C14H21ClFNO. The fraction of sp³-hybridized carbons (Fsp3) is 0.571. The molecule has 0 aliphatic heterocycles. The molecule has 0 aliphatic rings. The predicted octanol–water partition coefficient (Wildman–Crippen LogP) is 3.95. The summed E-state index contributed by atoms with van der Waals surface area (Å²) in [6, 6.07) is 4.69. The Morgan fingerprint density at radius 3 is 2.72 bits per heavy atom. The van der Waals surface area contributed by atoms with Crippen molar-refractivity contribution in [2.24, 2.45) is 0 Å². The van der Waals surface area contributed by atoms with E-state index in [-0.39, 0.29) is 11.9 Å². The number of ether oxygens (including phenoxy) is 1. The van der Waals surface area contributed by atoms with Crippen molar-refractivity contribution in [1.29, 1.82) is 0 Å². The average Bonchev–Trinajstić information content (AvgIpc) is 2.34. The predicted molar refractivity (Wildman–Crippen MR) is 73.6 cm³/mol. The van der Waals surface area contributed by atoms with Crippen LogP contribution in [0.4, 0.5) is 4.39 Å². The van der Waals surface area contributed by atoms with E-state index in [4.69, 9.17) is 16.3 Å². The SMILES string of the molecule is CCCOCCC(NCC)c1c(F)cccc1Cl. The van der Waals surface area contributed by atoms with Gasteiger partial charge in [0.05, 0.1) is 0 Å². The number of hydrogen-bond acceptors (Lipinski definition) is 2. The summed E-state index contributed by atoms with van der Waals surface area (Å²) in [7, 11) is 0. The first-order valence-corrected chi connectivity index (χ1v) is 6.83. The molecule has 1 unspecified atom stereocenters. The number of nitrogens with one attached hydrogen (secondary N) is 1. The summed E-state index contributed by atoms with van der Waals surface area (Å²) in [5.41, 5.74) is 0.543. The summed E-state index contributed by atoms with van der Waals surface area (Å²) in [5.74, 6) is -0.260. The van der Waals surface area contributed by atoms with Crippen LogP contribution < -0.4 is 5.32 Å². The lowest BCUT2D eigenvalue weighted by atomic mass is 10.0. The summed E-state index contributed by atoms with van der Waals surface area (Å²) in [5, 5.41) is 3.72. The van der Waals surface area contributed by atoms with Crippen LogP contribution in [0.5, 0.6) is 0 Å². The van der Waals surface area contributed by atoms with Gasteiger partial charge in [0.15, 0.2) is 0 Å². The first-order valence-electron chi connectivity index (χ1n) is 6.45. The van der Waals surface area contributed by atoms with E-state index >= 15 is 0 Å². The van der Waals surface area contributed by atoms with Gasteiger partial charge in [0.1, 0.15) is 5.82 Å². The Bertz CT molecular complexity index is 339. The van der Waals surface area contributed by atoms with Crippen molar-refractivity contribution in [3.8, 4) is 0 Å². The molecular weight excluding hydrogens is 253 g/mol. The highest BCUT2D eigenvalue weighted by Gasteiger charge is 2.17. The summed E-state index contributed by atoms with van der Waals surface area (Å²) in [4.78, 5) is 0. The quantitative estimate of drug-likeness (QED) is 0.724. The minimum Gasteiger partial charge on any atom is -0.381 e. The van der Waals surface area contributed by atoms with Gasteiger partial charge in [-0.3, -0.25) is 0 Å². The molecule has 0 aliphatic carbocycles. The first-order chi connectivity index (χ1) is 8.70. The van der Waals surface area contributed by atoms with Gasteiger partial charge in [0.2, 0.25) is 0 Å². The molecule has 0 radical (unpaired) electrons. The molecule has 0 saturated carbocycles. The normalized spacial score (nSPS) is 12.7. The van der Waals surface area contributed by atoms with E-state index in [2.05, 4.69) is 12.2 Å². The number of rotatable bonds is 8. The molecule has 2 nitrogen and oxygen atoms in total. The fourth-order valence-electron chi connectivity index (χ4n) is 1.89. The molecule has 1 rings (SSSR count). The molecule has 1 atom stereocenters. The van der Waals surface area contributed by atoms with E-state index in [0.717, 1.165) is 19.6 Å². The van der Waals surface area contributed by atoms with Gasteiger partial charge in [-0.25, -0.2) is 4.39 Å². The van der Waals surface area contributed by atoms with Crippen LogP contribution in [0.15, 0.2) is 18.2 Å². The molecule has 1 N–H and O–H groups in total. The highest BCUT2D eigenvalue weighted by atomic mass is 35.5. The Kier molecular flexibility index (Phi) is 7.25. The summed E-state index contributed by atoms with van der Waals surface area (Å²) < 4.78 is 19.3. The van der Waals surface area contributed by atoms with Crippen molar-refractivity contribution in [2.75, 3.05) is 19.8 Å². The van der Waals surface area contributed by atoms with E-state index < -0.39 is 0 Å². The third kappa shape index (κ3) is 4.56. The molecule has 0 saturated heterocycles. The molecule has 18 heavy (non-hydrogen) atoms. The van der Waals surface area contributed by atoms with Crippen LogP contribution in [-0.4, -0.2) is 19.8 Å². The Morgan fingerprint density at radius 2 is 2.11 bits per heavy atom. The minimum absolute atomic E-state index is 0.0967. The van der Waals surface area contributed by atoms with Gasteiger partial charge < -0.3 is 10.1 Å². The zero-order chi connectivity index (χ0) is 13.4. The molecule has 0 aromatic heterocycles. The average molecular weight is 274 g/mol. The van der Waals surface area contributed by atoms with Crippen LogP contribution in [0.1, 0.15) is 38.3 Å². The lowest BCUT2D eigenvalue weighted by molar-refractivity contribution is 0.124. The first kappa shape index (κ1) is 15.4. The molecule has 0 spiro atoms. The molecule has 0 amide bonds. The van der Waals surface area contributed by atoms with Gasteiger partial charge >= 0.3 is 0 Å². The third-order valence-electron chi connectivity index (χ3n) is 2.70. The minimum atomic E-state index is -0.260. The zero-order valence-electron chi connectivity index (χ0n) is 11.0. The number of hydrogen-bond donors (Lipinski definition) is 1. The van der Waals surface area contributed by atoms with Crippen LogP contribution in [-0.2, 0) is 4.74 Å². The number of halogens is 2. The van der Waals surface area contributed by atoms with Crippen molar-refractivity contribution in [3.63, 3.8) is 0 Å². The standard InChI is InChI=1S/C14H21ClFNO/c1-3-9-18-10-8-13(17-4-2)14-11(15)6-5-7-12(14)16/h5-7,13,17H,3-4,8-10H2,1-2H3. The van der Waals surface area contributed by atoms with E-state index in [0.29, 0.717) is 23.6 Å². The number of benzene rings is 1. The van der Waals surface area contributed by atoms with E-state index in [9.17, 15) is 4.39 Å². The van der Waals surface area contributed by atoms with Gasteiger partial charge in [-0.15, -0.1) is 0 Å². The van der Waals surface area contributed by atoms with Crippen molar-refractivity contribution in [1.82, 2.24) is 5.32 Å². The fourth-order valence-corrected chi connectivity index (χ4v) is 2.18. The molecule has 1 aromatic carbocycles. The lowest BCUT2D eigenvalue weighted by Crippen LogP contribution is -2.23. The summed E-state index contributed by atoms with van der Waals surface area (Å²) >= 11 is 6.08. The van der Waals surface area contributed by atoms with Crippen LogP contribution in [0, 0.1) is 5.82 Å². The van der Waals surface area contributed by atoms with Gasteiger partial charge in [-0.05, 0) is 31.5 Å². The maximum Gasteiger partial charge on any atom is 0.129 e. The van der Waals surface area contributed by atoms with Gasteiger partial charge in [-0.1, -0.05) is 31.5 Å². The van der Waals surface area contributed by atoms with Crippen LogP contribution in [0.3, 0.4) is 0 Å². The maximum absolute atomic E-state index is 13.8. The van der Waals surface area contributed by atoms with Crippen molar-refractivity contribution in [2.45, 2.75) is 32.7 Å². The molecule has 0 heterocycles. The van der Waals surface area contributed by atoms with E-state index in [1.165, 1.54) is 6.07 Å². The topological polar surface area (TPSA) is 21.3 Å². The second-order valence-electron chi connectivity index (χ2n) is 4.15. The molecule has 0 bridgehead atoms. The lowest BCUT2D eigenvalue weighted by Gasteiger charge is -2.20. The highest BCUT2D eigenvalue weighted by molar-refractivity contribution is 6.31. The monoisotopic (exact) mass is 273 g/mol. The highest BCUT2D eigenvalue weighted by Crippen LogP contribution is 2.27. The van der Waals surface area contributed by atoms with E-state index in [1.807, 2.05) is 6.92 Å². The van der Waals surface area contributed by atoms with Gasteiger partial charge in [0.25, 0.3) is 0 Å². The van der Waals surface area contributed by atoms with Crippen molar-refractivity contribution in [3.05, 3.63) is 34.6 Å². The van der Waals surface area contributed by atoms with Crippen LogP contribution in [0.25, 0.3) is 0 Å².